The van der Waals surface area contributed by atoms with Gasteiger partial charge in [0.1, 0.15) is 5.01 Å². The predicted octanol–water partition coefficient (Wildman–Crippen LogP) is 4.41. The molecule has 1 heterocycles. The Morgan fingerprint density at radius 3 is 2.67 bits per heavy atom. The summed E-state index contributed by atoms with van der Waals surface area (Å²) in [5.41, 5.74) is 2.22. The molecular weight excluding hydrogens is 264 g/mol. The first kappa shape index (κ1) is 11.7. The van der Waals surface area contributed by atoms with Crippen molar-refractivity contribution < 1.29 is 0 Å². The Labute approximate surface area is 115 Å². The average molecular weight is 275 g/mol. The third kappa shape index (κ3) is 2.27. The van der Waals surface area contributed by atoms with E-state index in [1.807, 2.05) is 24.3 Å². The number of hydrogen-bond acceptors (Lipinski definition) is 3. The first-order valence-corrected chi connectivity index (χ1v) is 7.10. The monoisotopic (exact) mass is 274 g/mol. The molecule has 1 aromatic carbocycles. The van der Waals surface area contributed by atoms with Crippen molar-refractivity contribution in [3.8, 4) is 16.6 Å². The van der Waals surface area contributed by atoms with Crippen LogP contribution in [0.1, 0.15) is 29.3 Å². The first-order valence-electron chi connectivity index (χ1n) is 5.90. The molecule has 0 amide bonds. The largest absolute Gasteiger partial charge is 0.240 e. The highest BCUT2D eigenvalue weighted by Gasteiger charge is 2.29. The van der Waals surface area contributed by atoms with E-state index in [4.69, 9.17) is 21.8 Å². The Balaban J connectivity index is 1.99. The summed E-state index contributed by atoms with van der Waals surface area (Å²) in [6, 6.07) is 9.94. The fourth-order valence-corrected chi connectivity index (χ4v) is 3.16. The van der Waals surface area contributed by atoms with E-state index < -0.39 is 0 Å². The minimum Gasteiger partial charge on any atom is -0.240 e. The van der Waals surface area contributed by atoms with Crippen molar-refractivity contribution >= 4 is 22.9 Å². The molecule has 0 spiro atoms. The van der Waals surface area contributed by atoms with E-state index in [2.05, 4.69) is 6.07 Å². The molecule has 1 saturated carbocycles. The SMILES string of the molecule is N#CCc1sc(-c2ccc(Cl)cc2)nc1C1CC1. The normalized spacial score (nSPS) is 14.4. The van der Waals surface area contributed by atoms with E-state index in [9.17, 15) is 0 Å². The second-order valence-electron chi connectivity index (χ2n) is 4.44. The number of hydrogen-bond donors (Lipinski definition) is 0. The van der Waals surface area contributed by atoms with Gasteiger partial charge >= 0.3 is 0 Å². The van der Waals surface area contributed by atoms with Crippen molar-refractivity contribution in [2.24, 2.45) is 0 Å². The summed E-state index contributed by atoms with van der Waals surface area (Å²) in [4.78, 5) is 5.84. The highest BCUT2D eigenvalue weighted by Crippen LogP contribution is 2.44. The van der Waals surface area contributed by atoms with Gasteiger partial charge in [-0.3, -0.25) is 0 Å². The van der Waals surface area contributed by atoms with Crippen LogP contribution < -0.4 is 0 Å². The minimum absolute atomic E-state index is 0.469. The molecule has 0 radical (unpaired) electrons. The van der Waals surface area contributed by atoms with Gasteiger partial charge in [0, 0.05) is 21.4 Å². The maximum absolute atomic E-state index is 8.87. The highest BCUT2D eigenvalue weighted by molar-refractivity contribution is 7.15. The van der Waals surface area contributed by atoms with Crippen LogP contribution in [-0.2, 0) is 6.42 Å². The van der Waals surface area contributed by atoms with Crippen LogP contribution in [0, 0.1) is 11.3 Å². The molecule has 1 fully saturated rings. The van der Waals surface area contributed by atoms with Crippen molar-refractivity contribution in [3.63, 3.8) is 0 Å². The number of benzene rings is 1. The Hall–Kier alpha value is -1.37. The number of nitrogens with zero attached hydrogens (tertiary/aromatic N) is 2. The zero-order valence-electron chi connectivity index (χ0n) is 9.69. The molecular formula is C14H11ClN2S. The lowest BCUT2D eigenvalue weighted by molar-refractivity contribution is 1.02. The van der Waals surface area contributed by atoms with Gasteiger partial charge in [0.05, 0.1) is 18.2 Å². The molecule has 1 aliphatic carbocycles. The Bertz CT molecular complexity index is 606. The van der Waals surface area contributed by atoms with Crippen LogP contribution in [-0.4, -0.2) is 4.98 Å². The summed E-state index contributed by atoms with van der Waals surface area (Å²) in [6.45, 7) is 0. The number of thiazole rings is 1. The molecule has 18 heavy (non-hydrogen) atoms. The summed E-state index contributed by atoms with van der Waals surface area (Å²) in [7, 11) is 0. The number of aromatic nitrogens is 1. The lowest BCUT2D eigenvalue weighted by atomic mass is 10.2. The third-order valence-corrected chi connectivity index (χ3v) is 4.39. The van der Waals surface area contributed by atoms with Gasteiger partial charge < -0.3 is 0 Å². The average Bonchev–Trinajstić information content (AvgIpc) is 3.13. The fourth-order valence-electron chi connectivity index (χ4n) is 1.95. The quantitative estimate of drug-likeness (QED) is 0.831. The molecule has 1 aromatic heterocycles. The maximum Gasteiger partial charge on any atom is 0.123 e. The molecule has 0 saturated heterocycles. The molecule has 90 valence electrons. The Morgan fingerprint density at radius 2 is 2.06 bits per heavy atom. The van der Waals surface area contributed by atoms with Crippen LogP contribution >= 0.6 is 22.9 Å². The molecule has 1 aliphatic rings. The van der Waals surface area contributed by atoms with Crippen LogP contribution in [0.4, 0.5) is 0 Å². The lowest BCUT2D eigenvalue weighted by Crippen LogP contribution is -1.86. The first-order chi connectivity index (χ1) is 8.78. The van der Waals surface area contributed by atoms with Gasteiger partial charge in [0.15, 0.2) is 0 Å². The number of halogens is 1. The molecule has 0 unspecified atom stereocenters. The second kappa shape index (κ2) is 4.72. The summed E-state index contributed by atoms with van der Waals surface area (Å²) in [5.74, 6) is 0.589. The highest BCUT2D eigenvalue weighted by atomic mass is 35.5. The molecule has 2 nitrogen and oxygen atoms in total. The van der Waals surface area contributed by atoms with Gasteiger partial charge in [-0.2, -0.15) is 5.26 Å². The predicted molar refractivity (Wildman–Crippen MR) is 73.9 cm³/mol. The molecule has 3 rings (SSSR count). The van der Waals surface area contributed by atoms with Crippen LogP contribution in [0.25, 0.3) is 10.6 Å². The van der Waals surface area contributed by atoms with E-state index in [0.29, 0.717) is 12.3 Å². The molecule has 2 aromatic rings. The van der Waals surface area contributed by atoms with Crippen molar-refractivity contribution in [2.75, 3.05) is 0 Å². The topological polar surface area (TPSA) is 36.7 Å². The van der Waals surface area contributed by atoms with Gasteiger partial charge in [0.25, 0.3) is 0 Å². The molecule has 4 heteroatoms. The summed E-state index contributed by atoms with van der Waals surface area (Å²) < 4.78 is 0. The Kier molecular flexibility index (Phi) is 3.07. The van der Waals surface area contributed by atoms with E-state index in [1.165, 1.54) is 12.8 Å². The van der Waals surface area contributed by atoms with Crippen LogP contribution in [0.15, 0.2) is 24.3 Å². The smallest absolute Gasteiger partial charge is 0.123 e. The molecule has 0 aliphatic heterocycles. The number of nitriles is 1. The summed E-state index contributed by atoms with van der Waals surface area (Å²) in [5, 5.41) is 10.6. The van der Waals surface area contributed by atoms with Crippen LogP contribution in [0.2, 0.25) is 5.02 Å². The summed E-state index contributed by atoms with van der Waals surface area (Å²) in [6.07, 6.45) is 2.89. The van der Waals surface area contributed by atoms with Gasteiger partial charge in [0.2, 0.25) is 0 Å². The van der Waals surface area contributed by atoms with Crippen molar-refractivity contribution in [1.29, 1.82) is 5.26 Å². The van der Waals surface area contributed by atoms with Crippen molar-refractivity contribution in [2.45, 2.75) is 25.2 Å². The molecule has 0 atom stereocenters. The van der Waals surface area contributed by atoms with E-state index in [1.54, 1.807) is 11.3 Å². The maximum atomic E-state index is 8.87. The molecule has 0 N–H and O–H groups in total. The van der Waals surface area contributed by atoms with Gasteiger partial charge in [-0.25, -0.2) is 4.98 Å². The summed E-state index contributed by atoms with van der Waals surface area (Å²) >= 11 is 7.52. The lowest BCUT2D eigenvalue weighted by Gasteiger charge is -1.95. The standard InChI is InChI=1S/C14H11ClN2S/c15-11-5-3-10(4-6-11)14-17-13(9-1-2-9)12(18-14)7-8-16/h3-6,9H,1-2,7H2. The van der Waals surface area contributed by atoms with Gasteiger partial charge in [-0.05, 0) is 25.0 Å². The van der Waals surface area contributed by atoms with E-state index in [-0.39, 0.29) is 0 Å². The number of rotatable bonds is 3. The van der Waals surface area contributed by atoms with Crippen LogP contribution in [0.5, 0.6) is 0 Å². The minimum atomic E-state index is 0.469. The zero-order chi connectivity index (χ0) is 12.5. The van der Waals surface area contributed by atoms with Crippen molar-refractivity contribution in [3.05, 3.63) is 39.9 Å². The second-order valence-corrected chi connectivity index (χ2v) is 5.96. The van der Waals surface area contributed by atoms with E-state index in [0.717, 1.165) is 26.2 Å². The van der Waals surface area contributed by atoms with Crippen LogP contribution in [0.3, 0.4) is 0 Å². The third-order valence-electron chi connectivity index (χ3n) is 3.02. The zero-order valence-corrected chi connectivity index (χ0v) is 11.3. The Morgan fingerprint density at radius 1 is 1.33 bits per heavy atom. The van der Waals surface area contributed by atoms with Gasteiger partial charge in [-0.15, -0.1) is 11.3 Å². The van der Waals surface area contributed by atoms with Gasteiger partial charge in [-0.1, -0.05) is 23.7 Å². The fraction of sp³-hybridized carbons (Fsp3) is 0.286. The molecule has 0 bridgehead atoms. The van der Waals surface area contributed by atoms with E-state index >= 15 is 0 Å². The van der Waals surface area contributed by atoms with Crippen molar-refractivity contribution in [1.82, 2.24) is 4.98 Å².